The van der Waals surface area contributed by atoms with Crippen LogP contribution in [0.25, 0.3) is 10.9 Å². The maximum Gasteiger partial charge on any atom is 0.416 e. The van der Waals surface area contributed by atoms with Crippen LogP contribution < -0.4 is 10.2 Å². The van der Waals surface area contributed by atoms with Gasteiger partial charge in [0.15, 0.2) is 0 Å². The Morgan fingerprint density at radius 2 is 1.95 bits per heavy atom. The summed E-state index contributed by atoms with van der Waals surface area (Å²) in [4.78, 5) is 30.8. The van der Waals surface area contributed by atoms with Crippen LogP contribution in [0.5, 0.6) is 0 Å². The van der Waals surface area contributed by atoms with Gasteiger partial charge in [-0.2, -0.15) is 13.2 Å². The minimum Gasteiger partial charge on any atom is -0.481 e. The molecule has 1 atom stereocenters. The van der Waals surface area contributed by atoms with Crippen molar-refractivity contribution >= 4 is 44.5 Å². The number of carbonyl (C=O) groups excluding carboxylic acids is 1. The van der Waals surface area contributed by atoms with E-state index in [9.17, 15) is 35.9 Å². The van der Waals surface area contributed by atoms with Gasteiger partial charge in [-0.25, -0.2) is 18.2 Å². The van der Waals surface area contributed by atoms with Crippen LogP contribution in [0.2, 0.25) is 0 Å². The minimum absolute atomic E-state index is 0.0711. The van der Waals surface area contributed by atoms with E-state index in [0.29, 0.717) is 21.4 Å². The number of carbonyl (C=O) groups is 2. The van der Waals surface area contributed by atoms with Crippen molar-refractivity contribution in [3.63, 3.8) is 0 Å². The molecule has 1 fully saturated rings. The molecule has 1 aromatic heterocycles. The van der Waals surface area contributed by atoms with Crippen LogP contribution in [0.15, 0.2) is 40.9 Å². The summed E-state index contributed by atoms with van der Waals surface area (Å²) in [6.45, 7) is 0.737. The molecule has 4 rings (SSSR count). The highest BCUT2D eigenvalue weighted by Crippen LogP contribution is 2.39. The first-order valence-corrected chi connectivity index (χ1v) is 13.6. The third-order valence-electron chi connectivity index (χ3n) is 7.07. The molecule has 41 heavy (non-hydrogen) atoms. The quantitative estimate of drug-likeness (QED) is 0.256. The number of halogens is 7. The molecule has 0 bridgehead atoms. The Balaban J connectivity index is 1.74. The Morgan fingerprint density at radius 3 is 2.61 bits per heavy atom. The fourth-order valence-corrected chi connectivity index (χ4v) is 5.58. The molecule has 1 aliphatic rings. The smallest absolute Gasteiger partial charge is 0.416 e. The predicted molar refractivity (Wildman–Crippen MR) is 144 cm³/mol. The number of alkyl halides is 5. The molecule has 0 spiro atoms. The number of aromatic nitrogens is 1. The second-order valence-corrected chi connectivity index (χ2v) is 10.9. The Hall–Kier alpha value is -3.35. The lowest BCUT2D eigenvalue weighted by Gasteiger charge is -2.34. The molecule has 0 aliphatic carbocycles. The summed E-state index contributed by atoms with van der Waals surface area (Å²) in [6.07, 6.45) is -5.93. The SMILES string of the molecule is Cc1c(N2CCCC(F)(F)C2)nc2ccc(Br)cc2c1C(=O)NCC(CCC(=O)O)c1c(F)cccc1C(F)(F)F. The van der Waals surface area contributed by atoms with Crippen LogP contribution in [0.1, 0.15) is 58.6 Å². The summed E-state index contributed by atoms with van der Waals surface area (Å²) in [5.74, 6) is -7.31. The van der Waals surface area contributed by atoms with Gasteiger partial charge in [-0.15, -0.1) is 0 Å². The number of hydrogen-bond acceptors (Lipinski definition) is 4. The van der Waals surface area contributed by atoms with Gasteiger partial charge in [0.1, 0.15) is 11.6 Å². The Bertz CT molecular complexity index is 1480. The molecule has 1 amide bonds. The van der Waals surface area contributed by atoms with Gasteiger partial charge in [0.05, 0.1) is 23.2 Å². The van der Waals surface area contributed by atoms with Crippen LogP contribution in [0.4, 0.5) is 32.2 Å². The van der Waals surface area contributed by atoms with Gasteiger partial charge in [-0.1, -0.05) is 22.0 Å². The molecule has 6 nitrogen and oxygen atoms in total. The first-order chi connectivity index (χ1) is 19.2. The van der Waals surface area contributed by atoms with Gasteiger partial charge >= 0.3 is 12.1 Å². The number of benzene rings is 2. The van der Waals surface area contributed by atoms with Crippen molar-refractivity contribution in [1.29, 1.82) is 0 Å². The normalized spacial score (nSPS) is 16.0. The fraction of sp³-hybridized carbons (Fsp3) is 0.393. The van der Waals surface area contributed by atoms with Crippen molar-refractivity contribution in [2.45, 2.75) is 50.6 Å². The number of hydrogen-bond donors (Lipinski definition) is 2. The largest absolute Gasteiger partial charge is 0.481 e. The molecule has 2 heterocycles. The number of rotatable bonds is 8. The molecule has 0 saturated carbocycles. The van der Waals surface area contributed by atoms with E-state index in [1.807, 2.05) is 0 Å². The maximum absolute atomic E-state index is 14.8. The number of piperidine rings is 1. The molecule has 1 saturated heterocycles. The summed E-state index contributed by atoms with van der Waals surface area (Å²) < 4.78 is 85.1. The highest BCUT2D eigenvalue weighted by molar-refractivity contribution is 9.10. The first kappa shape index (κ1) is 30.6. The number of carboxylic acid groups (broad SMARTS) is 1. The summed E-state index contributed by atoms with van der Waals surface area (Å²) in [6, 6.07) is 7.33. The van der Waals surface area contributed by atoms with Crippen molar-refractivity contribution in [2.75, 3.05) is 24.5 Å². The third-order valence-corrected chi connectivity index (χ3v) is 7.56. The zero-order valence-electron chi connectivity index (χ0n) is 21.8. The third kappa shape index (κ3) is 6.94. The van der Waals surface area contributed by atoms with Gasteiger partial charge < -0.3 is 15.3 Å². The molecule has 2 N–H and O–H groups in total. The van der Waals surface area contributed by atoms with Gasteiger partial charge in [-0.3, -0.25) is 9.59 Å². The predicted octanol–water partition coefficient (Wildman–Crippen LogP) is 7.08. The lowest BCUT2D eigenvalue weighted by molar-refractivity contribution is -0.138. The van der Waals surface area contributed by atoms with Crippen LogP contribution in [0, 0.1) is 12.7 Å². The molecule has 1 unspecified atom stereocenters. The average molecular weight is 646 g/mol. The molecule has 3 aromatic rings. The topological polar surface area (TPSA) is 82.5 Å². The second kappa shape index (κ2) is 11.9. The van der Waals surface area contributed by atoms with Gasteiger partial charge in [-0.05, 0) is 50.1 Å². The van der Waals surface area contributed by atoms with Crippen LogP contribution in [-0.4, -0.2) is 47.5 Å². The van der Waals surface area contributed by atoms with Crippen molar-refractivity contribution in [3.05, 3.63) is 68.9 Å². The van der Waals surface area contributed by atoms with Crippen molar-refractivity contribution in [3.8, 4) is 0 Å². The zero-order valence-corrected chi connectivity index (χ0v) is 23.4. The summed E-state index contributed by atoms with van der Waals surface area (Å²) in [5.41, 5.74) is -1.30. The van der Waals surface area contributed by atoms with E-state index in [0.717, 1.165) is 12.1 Å². The lowest BCUT2D eigenvalue weighted by atomic mass is 9.89. The number of nitrogens with one attached hydrogen (secondary N) is 1. The van der Waals surface area contributed by atoms with E-state index >= 15 is 0 Å². The van der Waals surface area contributed by atoms with E-state index in [-0.39, 0.29) is 42.8 Å². The highest BCUT2D eigenvalue weighted by atomic mass is 79.9. The monoisotopic (exact) mass is 645 g/mol. The van der Waals surface area contributed by atoms with E-state index in [2.05, 4.69) is 26.2 Å². The molecular formula is C28H26BrF6N3O3. The lowest BCUT2D eigenvalue weighted by Crippen LogP contribution is -2.43. The standard InChI is InChI=1S/C28H26BrF6N3O3/c1-15-23(18-12-17(29)7-8-21(18)37-25(15)38-11-3-10-27(31,32)14-38)26(41)36-13-16(6-9-22(39)40)24-19(28(33,34)35)4-2-5-20(24)30/h2,4-5,7-8,12,16H,3,6,9-11,13-14H2,1H3,(H,36,41)(H,39,40). The van der Waals surface area contributed by atoms with Crippen molar-refractivity contribution < 1.29 is 41.0 Å². The fourth-order valence-electron chi connectivity index (χ4n) is 5.21. The Morgan fingerprint density at radius 1 is 1.22 bits per heavy atom. The Kier molecular flexibility index (Phi) is 8.86. The second-order valence-electron chi connectivity index (χ2n) is 10.0. The number of carboxylic acids is 1. The van der Waals surface area contributed by atoms with E-state index in [4.69, 9.17) is 5.11 Å². The van der Waals surface area contributed by atoms with E-state index in [1.54, 1.807) is 25.1 Å². The number of anilines is 1. The van der Waals surface area contributed by atoms with Gasteiger partial charge in [0.2, 0.25) is 0 Å². The molecule has 2 aromatic carbocycles. The van der Waals surface area contributed by atoms with Crippen molar-refractivity contribution in [2.24, 2.45) is 0 Å². The zero-order chi connectivity index (χ0) is 30.1. The van der Waals surface area contributed by atoms with Crippen molar-refractivity contribution in [1.82, 2.24) is 10.3 Å². The molecule has 1 aliphatic heterocycles. The van der Waals surface area contributed by atoms with Crippen LogP contribution in [0.3, 0.4) is 0 Å². The van der Waals surface area contributed by atoms with Crippen LogP contribution >= 0.6 is 15.9 Å². The number of pyridine rings is 1. The summed E-state index contributed by atoms with van der Waals surface area (Å²) >= 11 is 3.34. The number of nitrogens with zero attached hydrogens (tertiary/aromatic N) is 2. The highest BCUT2D eigenvalue weighted by Gasteiger charge is 2.38. The summed E-state index contributed by atoms with van der Waals surface area (Å²) in [7, 11) is 0. The number of fused-ring (bicyclic) bond motifs is 1. The first-order valence-electron chi connectivity index (χ1n) is 12.8. The number of aliphatic carboxylic acids is 1. The average Bonchev–Trinajstić information content (AvgIpc) is 2.87. The number of amides is 1. The Labute approximate surface area is 239 Å². The van der Waals surface area contributed by atoms with E-state index in [1.165, 1.54) is 4.90 Å². The molecule has 0 radical (unpaired) electrons. The molecule has 220 valence electrons. The molecular weight excluding hydrogens is 620 g/mol. The van der Waals surface area contributed by atoms with Gasteiger partial charge in [0.25, 0.3) is 11.8 Å². The minimum atomic E-state index is -4.92. The van der Waals surface area contributed by atoms with E-state index < -0.39 is 66.3 Å². The van der Waals surface area contributed by atoms with Gasteiger partial charge in [0, 0.05) is 52.8 Å². The van der Waals surface area contributed by atoms with Crippen LogP contribution in [-0.2, 0) is 11.0 Å². The maximum atomic E-state index is 14.8. The summed E-state index contributed by atoms with van der Waals surface area (Å²) in [5, 5.41) is 12.1. The molecule has 13 heteroatoms.